The number of hydrazine groups is 1. The summed E-state index contributed by atoms with van der Waals surface area (Å²) in [7, 11) is -4.08. The first-order valence-corrected chi connectivity index (χ1v) is 8.36. The monoisotopic (exact) mass is 362 g/mol. The zero-order valence-corrected chi connectivity index (χ0v) is 13.3. The number of halogens is 1. The second kappa shape index (κ2) is 6.75. The molecule has 0 spiro atoms. The van der Waals surface area contributed by atoms with Crippen molar-refractivity contribution in [2.45, 2.75) is 4.90 Å². The molecule has 0 saturated carbocycles. The first-order valence-electron chi connectivity index (χ1n) is 6.87. The van der Waals surface area contributed by atoms with Crippen LogP contribution in [0.3, 0.4) is 0 Å². The molecule has 0 unspecified atom stereocenters. The molecule has 128 valence electrons. The van der Waals surface area contributed by atoms with Crippen LogP contribution < -0.4 is 10.3 Å². The lowest BCUT2D eigenvalue weighted by Crippen LogP contribution is -2.41. The maximum Gasteiger partial charge on any atom is 0.269 e. The van der Waals surface area contributed by atoms with Crippen molar-refractivity contribution in [3.63, 3.8) is 0 Å². The number of hydrogen-bond acceptors (Lipinski definition) is 6. The molecule has 3 rings (SSSR count). The van der Waals surface area contributed by atoms with Gasteiger partial charge in [-0.1, -0.05) is 18.2 Å². The maximum atomic E-state index is 13.5. The molecule has 0 aliphatic rings. The predicted octanol–water partition coefficient (Wildman–Crippen LogP) is 0.425. The minimum Gasteiger partial charge on any atom is -0.273 e. The number of tetrazole rings is 1. The van der Waals surface area contributed by atoms with Gasteiger partial charge in [0, 0.05) is 0 Å². The molecule has 25 heavy (non-hydrogen) atoms. The van der Waals surface area contributed by atoms with Gasteiger partial charge in [0.05, 0.1) is 16.1 Å². The minimum atomic E-state index is -4.08. The molecular weight excluding hydrogens is 351 g/mol. The van der Waals surface area contributed by atoms with E-state index in [9.17, 15) is 17.6 Å². The summed E-state index contributed by atoms with van der Waals surface area (Å²) in [6.45, 7) is 0. The molecule has 1 aromatic heterocycles. The highest BCUT2D eigenvalue weighted by Gasteiger charge is 2.18. The summed E-state index contributed by atoms with van der Waals surface area (Å²) in [4.78, 5) is 13.7. The third-order valence-corrected chi connectivity index (χ3v) is 4.40. The Kier molecular flexibility index (Phi) is 4.50. The summed E-state index contributed by atoms with van der Waals surface area (Å²) >= 11 is 0. The van der Waals surface area contributed by atoms with Gasteiger partial charge in [-0.3, -0.25) is 10.2 Å². The largest absolute Gasteiger partial charge is 0.273 e. The van der Waals surface area contributed by atoms with Crippen LogP contribution in [0.1, 0.15) is 10.4 Å². The van der Waals surface area contributed by atoms with Gasteiger partial charge >= 0.3 is 0 Å². The number of rotatable bonds is 5. The van der Waals surface area contributed by atoms with Crippen molar-refractivity contribution in [1.29, 1.82) is 0 Å². The first-order chi connectivity index (χ1) is 12.0. The lowest BCUT2D eigenvalue weighted by molar-refractivity contribution is 0.0941. The van der Waals surface area contributed by atoms with E-state index in [1.807, 2.05) is 10.3 Å². The van der Waals surface area contributed by atoms with Crippen LogP contribution in [0.15, 0.2) is 59.8 Å². The molecule has 11 heteroatoms. The average Bonchev–Trinajstić information content (AvgIpc) is 3.15. The molecule has 2 aromatic carbocycles. The van der Waals surface area contributed by atoms with Crippen molar-refractivity contribution in [3.05, 3.63) is 66.2 Å². The van der Waals surface area contributed by atoms with Gasteiger partial charge in [0.15, 0.2) is 0 Å². The highest BCUT2D eigenvalue weighted by molar-refractivity contribution is 7.89. The van der Waals surface area contributed by atoms with Crippen LogP contribution in [0.4, 0.5) is 4.39 Å². The van der Waals surface area contributed by atoms with E-state index in [0.717, 1.165) is 6.07 Å². The van der Waals surface area contributed by atoms with Crippen LogP contribution in [-0.4, -0.2) is 34.5 Å². The number of hydrogen-bond donors (Lipinski definition) is 2. The Labute approximate surface area is 141 Å². The van der Waals surface area contributed by atoms with Gasteiger partial charge in [0.2, 0.25) is 0 Å². The molecule has 9 nitrogen and oxygen atoms in total. The molecule has 0 aliphatic carbocycles. The molecule has 2 N–H and O–H groups in total. The lowest BCUT2D eigenvalue weighted by atomic mass is 10.2. The zero-order valence-electron chi connectivity index (χ0n) is 12.5. The second-order valence-corrected chi connectivity index (χ2v) is 6.47. The fraction of sp³-hybridized carbons (Fsp3) is 0. The van der Waals surface area contributed by atoms with Crippen molar-refractivity contribution < 1.29 is 17.6 Å². The smallest absolute Gasteiger partial charge is 0.269 e. The molecule has 1 heterocycles. The number of carbonyl (C=O) groups excluding carboxylic acids is 1. The summed E-state index contributed by atoms with van der Waals surface area (Å²) in [5, 5.41) is 10.6. The fourth-order valence-corrected chi connectivity index (χ4v) is 2.84. The van der Waals surface area contributed by atoms with Crippen molar-refractivity contribution >= 4 is 15.9 Å². The number of nitrogens with one attached hydrogen (secondary N) is 2. The van der Waals surface area contributed by atoms with Gasteiger partial charge in [-0.2, -0.15) is 0 Å². The van der Waals surface area contributed by atoms with E-state index >= 15 is 0 Å². The number of carbonyl (C=O) groups is 1. The Hall–Kier alpha value is -3.18. The third kappa shape index (κ3) is 3.67. The Morgan fingerprint density at radius 1 is 1.12 bits per heavy atom. The number of nitrogens with zero attached hydrogens (tertiary/aromatic N) is 4. The van der Waals surface area contributed by atoms with E-state index in [4.69, 9.17) is 0 Å². The van der Waals surface area contributed by atoms with Crippen LogP contribution >= 0.6 is 0 Å². The number of sulfonamides is 1. The summed E-state index contributed by atoms with van der Waals surface area (Å²) in [6, 6.07) is 10.9. The summed E-state index contributed by atoms with van der Waals surface area (Å²) in [5.41, 5.74) is 2.09. The van der Waals surface area contributed by atoms with Gasteiger partial charge in [-0.25, -0.2) is 17.5 Å². The predicted molar refractivity (Wildman–Crippen MR) is 83.3 cm³/mol. The highest BCUT2D eigenvalue weighted by atomic mass is 32.2. The Balaban J connectivity index is 1.77. The number of benzene rings is 2. The number of aromatic nitrogens is 4. The number of amides is 1. The Morgan fingerprint density at radius 2 is 1.92 bits per heavy atom. The summed E-state index contributed by atoms with van der Waals surface area (Å²) in [5.74, 6) is -1.68. The van der Waals surface area contributed by atoms with Crippen molar-refractivity contribution in [3.8, 4) is 5.69 Å². The lowest BCUT2D eigenvalue weighted by Gasteiger charge is -2.10. The SMILES string of the molecule is O=C(NNS(=O)(=O)c1cccc(-n2cnnn2)c1)c1ccccc1F. The molecule has 0 saturated heterocycles. The van der Waals surface area contributed by atoms with E-state index in [1.54, 1.807) is 6.07 Å². The van der Waals surface area contributed by atoms with E-state index in [1.165, 1.54) is 47.4 Å². The standard InChI is InChI=1S/C14H11FN6O3S/c15-13-7-2-1-6-12(13)14(22)17-20-25(23,24)11-5-3-4-10(8-11)21-9-16-18-19-21/h1-9,20H,(H,17,22). The zero-order chi connectivity index (χ0) is 17.9. The Bertz CT molecular complexity index is 1010. The van der Waals surface area contributed by atoms with Gasteiger partial charge in [0.25, 0.3) is 15.9 Å². The highest BCUT2D eigenvalue weighted by Crippen LogP contribution is 2.13. The van der Waals surface area contributed by atoms with Gasteiger partial charge in [-0.05, 0) is 40.8 Å². The molecule has 0 radical (unpaired) electrons. The molecule has 1 amide bonds. The fourth-order valence-electron chi connectivity index (χ4n) is 1.96. The van der Waals surface area contributed by atoms with E-state index in [2.05, 4.69) is 15.5 Å². The van der Waals surface area contributed by atoms with Crippen LogP contribution in [0.25, 0.3) is 5.69 Å². The van der Waals surface area contributed by atoms with Crippen LogP contribution in [0.2, 0.25) is 0 Å². The Morgan fingerprint density at radius 3 is 2.64 bits per heavy atom. The van der Waals surface area contributed by atoms with Crippen LogP contribution in [0, 0.1) is 5.82 Å². The van der Waals surface area contributed by atoms with E-state index in [0.29, 0.717) is 5.69 Å². The van der Waals surface area contributed by atoms with Gasteiger partial charge in [0.1, 0.15) is 12.1 Å². The molecule has 3 aromatic rings. The summed E-state index contributed by atoms with van der Waals surface area (Å²) in [6.07, 6.45) is 1.30. The van der Waals surface area contributed by atoms with Crippen molar-refractivity contribution in [2.75, 3.05) is 0 Å². The second-order valence-electron chi connectivity index (χ2n) is 4.79. The van der Waals surface area contributed by atoms with Crippen molar-refractivity contribution in [2.24, 2.45) is 0 Å². The minimum absolute atomic E-state index is 0.130. The molecule has 0 atom stereocenters. The first kappa shape index (κ1) is 16.7. The average molecular weight is 362 g/mol. The van der Waals surface area contributed by atoms with Gasteiger partial charge in [-0.15, -0.1) is 9.93 Å². The molecule has 0 aliphatic heterocycles. The van der Waals surface area contributed by atoms with Crippen LogP contribution in [0.5, 0.6) is 0 Å². The molecule has 0 fully saturated rings. The van der Waals surface area contributed by atoms with Crippen molar-refractivity contribution in [1.82, 2.24) is 30.5 Å². The van der Waals surface area contributed by atoms with E-state index < -0.39 is 21.7 Å². The normalized spacial score (nSPS) is 11.2. The summed E-state index contributed by atoms with van der Waals surface area (Å²) < 4.78 is 39.4. The van der Waals surface area contributed by atoms with Gasteiger partial charge < -0.3 is 0 Å². The topological polar surface area (TPSA) is 119 Å². The maximum absolute atomic E-state index is 13.5. The third-order valence-electron chi connectivity index (χ3n) is 3.16. The molecular formula is C14H11FN6O3S. The van der Waals surface area contributed by atoms with Crippen LogP contribution in [-0.2, 0) is 10.0 Å². The quantitative estimate of drug-likeness (QED) is 0.635. The van der Waals surface area contributed by atoms with E-state index in [-0.39, 0.29) is 10.5 Å². The molecule has 0 bridgehead atoms.